The number of nitrogens with zero attached hydrogens (tertiary/aromatic N) is 4. The molecule has 32 heavy (non-hydrogen) atoms. The zero-order valence-corrected chi connectivity index (χ0v) is 18.2. The largest absolute Gasteiger partial charge is 0.330 e. The molecule has 8 heteroatoms. The fourth-order valence-corrected chi connectivity index (χ4v) is 3.77. The fourth-order valence-electron chi connectivity index (χ4n) is 3.41. The normalized spacial score (nSPS) is 11.4. The number of rotatable bonds is 4. The first-order chi connectivity index (χ1) is 15.6. The predicted octanol–water partition coefficient (Wildman–Crippen LogP) is 5.45. The zero-order valence-electron chi connectivity index (χ0n) is 16.6. The van der Waals surface area contributed by atoms with Gasteiger partial charge in [0.25, 0.3) is 5.56 Å². The highest BCUT2D eigenvalue weighted by molar-refractivity contribution is 7.71. The Morgan fingerprint density at radius 3 is 2.47 bits per heavy atom. The highest BCUT2D eigenvalue weighted by atomic mass is 35.5. The number of hydrogen-bond donors (Lipinski definition) is 1. The van der Waals surface area contributed by atoms with E-state index in [2.05, 4.69) is 10.1 Å². The van der Waals surface area contributed by atoms with Gasteiger partial charge in [-0.05, 0) is 48.6 Å². The third-order valence-electron chi connectivity index (χ3n) is 4.98. The molecule has 156 valence electrons. The maximum Gasteiger partial charge on any atom is 0.282 e. The third-order valence-corrected chi connectivity index (χ3v) is 5.50. The van der Waals surface area contributed by atoms with Crippen molar-refractivity contribution in [2.75, 3.05) is 0 Å². The molecule has 6 nitrogen and oxygen atoms in total. The highest BCUT2D eigenvalue weighted by Gasteiger charge is 2.12. The minimum atomic E-state index is -0.285. The highest BCUT2D eigenvalue weighted by Crippen LogP contribution is 2.23. The minimum absolute atomic E-state index is 0.219. The number of nitrogens with one attached hydrogen (secondary N) is 1. The topological polar surface area (TPSA) is 68.0 Å². The lowest BCUT2D eigenvalue weighted by atomic mass is 10.1. The average Bonchev–Trinajstić information content (AvgIpc) is 3.24. The van der Waals surface area contributed by atoms with Crippen LogP contribution in [0, 0.1) is 4.77 Å². The van der Waals surface area contributed by atoms with Gasteiger partial charge >= 0.3 is 0 Å². The van der Waals surface area contributed by atoms with Crippen molar-refractivity contribution in [3.63, 3.8) is 0 Å². The summed E-state index contributed by atoms with van der Waals surface area (Å²) in [6.45, 7) is 0. The Hall–Kier alpha value is -3.81. The van der Waals surface area contributed by atoms with Gasteiger partial charge in [-0.15, -0.1) is 0 Å². The Bertz CT molecular complexity index is 1570. The lowest BCUT2D eigenvalue weighted by molar-refractivity contribution is 0.800. The Morgan fingerprint density at radius 1 is 0.969 bits per heavy atom. The second-order valence-corrected chi connectivity index (χ2v) is 7.88. The Balaban J connectivity index is 1.64. The number of halogens is 1. The van der Waals surface area contributed by atoms with Crippen molar-refractivity contribution in [2.24, 2.45) is 5.10 Å². The maximum atomic E-state index is 12.9. The van der Waals surface area contributed by atoms with Crippen molar-refractivity contribution in [2.45, 2.75) is 0 Å². The molecule has 0 saturated heterocycles. The Kier molecular flexibility index (Phi) is 5.26. The summed E-state index contributed by atoms with van der Waals surface area (Å²) in [5.41, 5.74) is 3.64. The van der Waals surface area contributed by atoms with Crippen LogP contribution in [-0.4, -0.2) is 25.7 Å². The number of para-hydroxylation sites is 1. The Morgan fingerprint density at radius 2 is 1.69 bits per heavy atom. The summed E-state index contributed by atoms with van der Waals surface area (Å²) in [5, 5.41) is 10.3. The van der Waals surface area contributed by atoms with E-state index < -0.39 is 0 Å². The molecule has 2 aromatic heterocycles. The number of hydrogen-bond acceptors (Lipinski definition) is 4. The molecule has 0 amide bonds. The smallest absolute Gasteiger partial charge is 0.282 e. The van der Waals surface area contributed by atoms with E-state index in [1.165, 1.54) is 4.68 Å². The van der Waals surface area contributed by atoms with E-state index in [-0.39, 0.29) is 10.3 Å². The van der Waals surface area contributed by atoms with Crippen LogP contribution >= 0.6 is 23.8 Å². The maximum absolute atomic E-state index is 12.9. The van der Waals surface area contributed by atoms with Gasteiger partial charge in [0.2, 0.25) is 4.77 Å². The number of aromatic amines is 1. The molecule has 0 spiro atoms. The molecule has 2 heterocycles. The predicted molar refractivity (Wildman–Crippen MR) is 130 cm³/mol. The lowest BCUT2D eigenvalue weighted by Gasteiger charge is -2.02. The van der Waals surface area contributed by atoms with E-state index in [1.54, 1.807) is 23.0 Å². The van der Waals surface area contributed by atoms with E-state index in [1.807, 2.05) is 72.9 Å². The van der Waals surface area contributed by atoms with Crippen LogP contribution in [0.5, 0.6) is 0 Å². The van der Waals surface area contributed by atoms with Gasteiger partial charge in [-0.2, -0.15) is 14.9 Å². The summed E-state index contributed by atoms with van der Waals surface area (Å²) in [4.78, 5) is 16.0. The second-order valence-electron chi connectivity index (χ2n) is 7.06. The number of H-pyrrole nitrogens is 1. The van der Waals surface area contributed by atoms with Gasteiger partial charge in [0.15, 0.2) is 0 Å². The molecule has 0 bridgehead atoms. The van der Waals surface area contributed by atoms with Crippen molar-refractivity contribution >= 4 is 40.9 Å². The van der Waals surface area contributed by atoms with Crippen LogP contribution in [0.25, 0.3) is 27.8 Å². The minimum Gasteiger partial charge on any atom is -0.330 e. The molecule has 5 aromatic rings. The quantitative estimate of drug-likeness (QED) is 0.288. The van der Waals surface area contributed by atoms with Crippen molar-refractivity contribution < 1.29 is 0 Å². The molecule has 0 aliphatic rings. The van der Waals surface area contributed by atoms with E-state index in [0.29, 0.717) is 15.9 Å². The first-order valence-electron chi connectivity index (χ1n) is 9.79. The van der Waals surface area contributed by atoms with Gasteiger partial charge in [0.1, 0.15) is 5.69 Å². The summed E-state index contributed by atoms with van der Waals surface area (Å²) >= 11 is 11.4. The van der Waals surface area contributed by atoms with Gasteiger partial charge in [-0.25, -0.2) is 4.68 Å². The first-order valence-corrected chi connectivity index (χ1v) is 10.6. The van der Waals surface area contributed by atoms with E-state index in [0.717, 1.165) is 22.5 Å². The van der Waals surface area contributed by atoms with E-state index >= 15 is 0 Å². The second kappa shape index (κ2) is 8.37. The SMILES string of the molecule is O=c1c2ccccc2[nH]c(=S)n1/N=C\c1cn(-c2ccc(Cl)cc2)nc1-c1ccccc1. The average molecular weight is 458 g/mol. The molecule has 0 fully saturated rings. The summed E-state index contributed by atoms with van der Waals surface area (Å²) in [5.74, 6) is 0. The molecule has 0 unspecified atom stereocenters. The van der Waals surface area contributed by atoms with Gasteiger partial charge in [0.05, 0.1) is 22.8 Å². The molecule has 3 aromatic carbocycles. The first kappa shape index (κ1) is 20.1. The van der Waals surface area contributed by atoms with E-state index in [4.69, 9.17) is 28.9 Å². The lowest BCUT2D eigenvalue weighted by Crippen LogP contribution is -2.18. The van der Waals surface area contributed by atoms with Crippen molar-refractivity contribution in [3.05, 3.63) is 111 Å². The summed E-state index contributed by atoms with van der Waals surface area (Å²) < 4.78 is 3.16. The van der Waals surface area contributed by atoms with Gasteiger partial charge in [-0.1, -0.05) is 54.1 Å². The molecule has 5 rings (SSSR count). The van der Waals surface area contributed by atoms with E-state index in [9.17, 15) is 4.79 Å². The van der Waals surface area contributed by atoms with Gasteiger partial charge in [0, 0.05) is 22.3 Å². The van der Waals surface area contributed by atoms with Crippen LogP contribution in [0.1, 0.15) is 5.56 Å². The van der Waals surface area contributed by atoms with Crippen molar-refractivity contribution in [3.8, 4) is 16.9 Å². The standard InChI is InChI=1S/C24H16ClN5OS/c25-18-10-12-19(13-11-18)29-15-17(22(28-29)16-6-2-1-3-7-16)14-26-30-23(31)20-8-4-5-9-21(20)27-24(30)32/h1-15H,(H,27,32)/b26-14-. The third kappa shape index (κ3) is 3.79. The molecule has 0 atom stereocenters. The molecule has 0 radical (unpaired) electrons. The van der Waals surface area contributed by atoms with Crippen LogP contribution in [0.15, 0.2) is 95.0 Å². The number of benzene rings is 3. The van der Waals surface area contributed by atoms with Crippen LogP contribution in [0.3, 0.4) is 0 Å². The van der Waals surface area contributed by atoms with Crippen LogP contribution in [0.2, 0.25) is 5.02 Å². The van der Waals surface area contributed by atoms with Crippen LogP contribution in [0.4, 0.5) is 0 Å². The van der Waals surface area contributed by atoms with Crippen molar-refractivity contribution in [1.29, 1.82) is 0 Å². The Labute approximate surface area is 193 Å². The fraction of sp³-hybridized carbons (Fsp3) is 0. The van der Waals surface area contributed by atoms with Gasteiger partial charge < -0.3 is 4.98 Å². The summed E-state index contributed by atoms with van der Waals surface area (Å²) in [6.07, 6.45) is 3.45. The molecule has 0 aliphatic heterocycles. The molecule has 0 aliphatic carbocycles. The van der Waals surface area contributed by atoms with Crippen molar-refractivity contribution in [1.82, 2.24) is 19.4 Å². The zero-order chi connectivity index (χ0) is 22.1. The monoisotopic (exact) mass is 457 g/mol. The molecule has 1 N–H and O–H groups in total. The summed E-state index contributed by atoms with van der Waals surface area (Å²) in [7, 11) is 0. The molecule has 0 saturated carbocycles. The number of fused-ring (bicyclic) bond motifs is 1. The van der Waals surface area contributed by atoms with Crippen LogP contribution < -0.4 is 5.56 Å². The molecular formula is C24H16ClN5OS. The van der Waals surface area contributed by atoms with Crippen LogP contribution in [-0.2, 0) is 0 Å². The number of aromatic nitrogens is 4. The summed E-state index contributed by atoms with van der Waals surface area (Å²) in [6, 6.07) is 24.4. The molecular weight excluding hydrogens is 442 g/mol. The van der Waals surface area contributed by atoms with Gasteiger partial charge in [-0.3, -0.25) is 4.79 Å².